The zero-order valence-corrected chi connectivity index (χ0v) is 10.3. The van der Waals surface area contributed by atoms with Gasteiger partial charge in [0, 0.05) is 26.1 Å². The van der Waals surface area contributed by atoms with Crippen LogP contribution in [0.2, 0.25) is 0 Å². The lowest BCUT2D eigenvalue weighted by Gasteiger charge is -2.37. The topological polar surface area (TPSA) is 62.3 Å². The first-order valence-corrected chi connectivity index (χ1v) is 6.20. The van der Waals surface area contributed by atoms with Gasteiger partial charge in [-0.15, -0.1) is 0 Å². The van der Waals surface area contributed by atoms with Crippen LogP contribution >= 0.6 is 0 Å². The molecule has 2 atom stereocenters. The van der Waals surface area contributed by atoms with Gasteiger partial charge in [-0.1, -0.05) is 0 Å². The normalized spacial score (nSPS) is 33.6. The van der Waals surface area contributed by atoms with Gasteiger partial charge in [0.1, 0.15) is 0 Å². The van der Waals surface area contributed by atoms with E-state index in [1.807, 2.05) is 0 Å². The summed E-state index contributed by atoms with van der Waals surface area (Å²) in [6, 6.07) is 0. The molecule has 2 rings (SSSR count). The zero-order chi connectivity index (χ0) is 11.8. The summed E-state index contributed by atoms with van der Waals surface area (Å²) >= 11 is 0. The van der Waals surface area contributed by atoms with Crippen LogP contribution in [-0.4, -0.2) is 42.6 Å². The first kappa shape index (κ1) is 11.9. The summed E-state index contributed by atoms with van der Waals surface area (Å²) in [7, 11) is 0. The van der Waals surface area contributed by atoms with Gasteiger partial charge in [0.05, 0.1) is 18.0 Å². The summed E-state index contributed by atoms with van der Waals surface area (Å²) in [5, 5.41) is 7.42. The first-order valence-electron chi connectivity index (χ1n) is 6.20. The second kappa shape index (κ2) is 4.34. The van der Waals surface area contributed by atoms with E-state index >= 15 is 0 Å². The lowest BCUT2D eigenvalue weighted by molar-refractivity contribution is -0.0723. The largest absolute Gasteiger partial charge is 0.388 e. The number of nitrogens with zero attached hydrogens (tertiary/aromatic N) is 1. The number of morpholine rings is 1. The second-order valence-corrected chi connectivity index (χ2v) is 5.65. The fraction of sp³-hybridized carbons (Fsp3) is 0.917. The molecule has 0 radical (unpaired) electrons. The van der Waals surface area contributed by atoms with E-state index in [1.165, 1.54) is 12.8 Å². The minimum atomic E-state index is 0.322. The molecule has 4 nitrogen and oxygen atoms in total. The molecule has 1 aliphatic carbocycles. The molecule has 0 aromatic heterocycles. The molecule has 16 heavy (non-hydrogen) atoms. The Morgan fingerprint density at radius 1 is 1.38 bits per heavy atom. The molecule has 0 aromatic rings. The average Bonchev–Trinajstić information content (AvgIpc) is 2.80. The molecule has 0 bridgehead atoms. The van der Waals surface area contributed by atoms with Crippen molar-refractivity contribution in [1.29, 1.82) is 5.41 Å². The third-order valence-electron chi connectivity index (χ3n) is 3.58. The van der Waals surface area contributed by atoms with Crippen molar-refractivity contribution in [2.45, 2.75) is 45.3 Å². The van der Waals surface area contributed by atoms with Crippen molar-refractivity contribution >= 4 is 5.84 Å². The standard InChI is InChI=1S/C12H23N3O/c1-9-6-15(7-10(2)16-9)8-12(3-4-12)5-11(13)14/h9-10H,3-8H2,1-2H3,(H3,13,14). The van der Waals surface area contributed by atoms with Gasteiger partial charge in [0.15, 0.2) is 0 Å². The van der Waals surface area contributed by atoms with Crippen LogP contribution in [-0.2, 0) is 4.74 Å². The van der Waals surface area contributed by atoms with E-state index in [-0.39, 0.29) is 0 Å². The lowest BCUT2D eigenvalue weighted by atomic mass is 10.0. The molecular weight excluding hydrogens is 202 g/mol. The average molecular weight is 225 g/mol. The number of hydrogen-bond acceptors (Lipinski definition) is 3. The van der Waals surface area contributed by atoms with E-state index in [0.717, 1.165) is 26.1 Å². The van der Waals surface area contributed by atoms with Crippen LogP contribution in [0.25, 0.3) is 0 Å². The summed E-state index contributed by atoms with van der Waals surface area (Å²) < 4.78 is 5.72. The quantitative estimate of drug-likeness (QED) is 0.558. The van der Waals surface area contributed by atoms with Gasteiger partial charge in [-0.05, 0) is 32.1 Å². The van der Waals surface area contributed by atoms with Gasteiger partial charge in [-0.3, -0.25) is 10.3 Å². The summed E-state index contributed by atoms with van der Waals surface area (Å²) in [5.74, 6) is 0.340. The van der Waals surface area contributed by atoms with E-state index in [1.54, 1.807) is 0 Å². The minimum absolute atomic E-state index is 0.322. The van der Waals surface area contributed by atoms with Gasteiger partial charge in [-0.25, -0.2) is 0 Å². The minimum Gasteiger partial charge on any atom is -0.388 e. The fourth-order valence-corrected chi connectivity index (χ4v) is 2.86. The summed E-state index contributed by atoms with van der Waals surface area (Å²) in [5.41, 5.74) is 5.84. The molecular formula is C12H23N3O. The molecule has 3 N–H and O–H groups in total. The summed E-state index contributed by atoms with van der Waals surface area (Å²) in [4.78, 5) is 2.48. The predicted molar refractivity (Wildman–Crippen MR) is 64.6 cm³/mol. The highest BCUT2D eigenvalue weighted by molar-refractivity contribution is 5.78. The number of amidine groups is 1. The van der Waals surface area contributed by atoms with Gasteiger partial charge in [-0.2, -0.15) is 0 Å². The Morgan fingerprint density at radius 2 is 1.94 bits per heavy atom. The maximum Gasteiger partial charge on any atom is 0.0911 e. The lowest BCUT2D eigenvalue weighted by Crippen LogP contribution is -2.47. The Balaban J connectivity index is 1.87. The van der Waals surface area contributed by atoms with Crippen LogP contribution in [0.15, 0.2) is 0 Å². The first-order chi connectivity index (χ1) is 7.49. The van der Waals surface area contributed by atoms with Crippen LogP contribution in [0.4, 0.5) is 0 Å². The molecule has 1 saturated heterocycles. The van der Waals surface area contributed by atoms with Gasteiger partial charge in [0.25, 0.3) is 0 Å². The van der Waals surface area contributed by atoms with Crippen molar-refractivity contribution in [3.63, 3.8) is 0 Å². The molecule has 2 aliphatic rings. The van der Waals surface area contributed by atoms with Crippen LogP contribution in [0.1, 0.15) is 33.1 Å². The molecule has 92 valence electrons. The van der Waals surface area contributed by atoms with Gasteiger partial charge >= 0.3 is 0 Å². The van der Waals surface area contributed by atoms with E-state index in [9.17, 15) is 0 Å². The van der Waals surface area contributed by atoms with Crippen LogP contribution in [0.5, 0.6) is 0 Å². The van der Waals surface area contributed by atoms with E-state index in [2.05, 4.69) is 18.7 Å². The molecule has 2 unspecified atom stereocenters. The molecule has 1 aliphatic heterocycles. The highest BCUT2D eigenvalue weighted by Gasteiger charge is 2.44. The Kier molecular flexibility index (Phi) is 3.22. The molecule has 2 fully saturated rings. The number of hydrogen-bond donors (Lipinski definition) is 2. The van der Waals surface area contributed by atoms with Crippen molar-refractivity contribution in [3.8, 4) is 0 Å². The van der Waals surface area contributed by atoms with E-state index in [0.29, 0.717) is 23.5 Å². The Bertz CT molecular complexity index is 265. The number of ether oxygens (including phenoxy) is 1. The third-order valence-corrected chi connectivity index (χ3v) is 3.58. The number of nitrogens with one attached hydrogen (secondary N) is 1. The van der Waals surface area contributed by atoms with Crippen LogP contribution in [0.3, 0.4) is 0 Å². The van der Waals surface area contributed by atoms with Gasteiger partial charge < -0.3 is 10.5 Å². The third kappa shape index (κ3) is 2.95. The molecule has 1 saturated carbocycles. The highest BCUT2D eigenvalue weighted by Crippen LogP contribution is 2.49. The van der Waals surface area contributed by atoms with Crippen molar-refractivity contribution in [3.05, 3.63) is 0 Å². The number of rotatable bonds is 4. The number of nitrogens with two attached hydrogens (primary N) is 1. The van der Waals surface area contributed by atoms with Crippen LogP contribution in [0, 0.1) is 10.8 Å². The van der Waals surface area contributed by atoms with Crippen molar-refractivity contribution < 1.29 is 4.74 Å². The Labute approximate surface area is 97.6 Å². The predicted octanol–water partition coefficient (Wildman–Crippen LogP) is 1.20. The summed E-state index contributed by atoms with van der Waals surface area (Å²) in [6.45, 7) is 7.39. The van der Waals surface area contributed by atoms with Gasteiger partial charge in [0.2, 0.25) is 0 Å². The molecule has 0 spiro atoms. The molecule has 0 amide bonds. The smallest absolute Gasteiger partial charge is 0.0911 e. The highest BCUT2D eigenvalue weighted by atomic mass is 16.5. The van der Waals surface area contributed by atoms with Crippen molar-refractivity contribution in [2.75, 3.05) is 19.6 Å². The van der Waals surface area contributed by atoms with Crippen molar-refractivity contribution in [1.82, 2.24) is 4.90 Å². The Hall–Kier alpha value is -0.610. The second-order valence-electron chi connectivity index (χ2n) is 5.65. The molecule has 1 heterocycles. The molecule has 4 heteroatoms. The summed E-state index contributed by atoms with van der Waals surface area (Å²) in [6.07, 6.45) is 3.89. The van der Waals surface area contributed by atoms with E-state index in [4.69, 9.17) is 15.9 Å². The maximum absolute atomic E-state index is 7.42. The van der Waals surface area contributed by atoms with E-state index < -0.39 is 0 Å². The Morgan fingerprint density at radius 3 is 2.38 bits per heavy atom. The SMILES string of the molecule is CC1CN(CC2(CC(=N)N)CC2)CC(C)O1. The van der Waals surface area contributed by atoms with Crippen LogP contribution < -0.4 is 5.73 Å². The monoisotopic (exact) mass is 225 g/mol. The van der Waals surface area contributed by atoms with Crippen molar-refractivity contribution in [2.24, 2.45) is 11.1 Å². The zero-order valence-electron chi connectivity index (χ0n) is 10.3. The maximum atomic E-state index is 7.42. The fourth-order valence-electron chi connectivity index (χ4n) is 2.86. The molecule has 0 aromatic carbocycles.